The molecule has 1 heterocycles. The van der Waals surface area contributed by atoms with Gasteiger partial charge in [-0.25, -0.2) is 5.21 Å². The van der Waals surface area contributed by atoms with Crippen LogP contribution < -0.4 is 0 Å². The Bertz CT molecular complexity index is 134. The first-order valence-electron chi connectivity index (χ1n) is 4.13. The molecule has 1 fully saturated rings. The Morgan fingerprint density at radius 3 is 1.91 bits per heavy atom. The van der Waals surface area contributed by atoms with E-state index < -0.39 is 0 Å². The largest absolute Gasteiger partial charge is 0.370 e. The quantitative estimate of drug-likeness (QED) is 0.536. The lowest BCUT2D eigenvalue weighted by Gasteiger charge is -2.43. The van der Waals surface area contributed by atoms with E-state index in [9.17, 15) is 5.21 Å². The molecule has 11 heavy (non-hydrogen) atoms. The van der Waals surface area contributed by atoms with Crippen LogP contribution in [0.4, 0.5) is 0 Å². The van der Waals surface area contributed by atoms with Gasteiger partial charge in [0, 0.05) is 0 Å². The van der Waals surface area contributed by atoms with Crippen molar-refractivity contribution >= 4 is 0 Å². The zero-order valence-electron chi connectivity index (χ0n) is 7.63. The van der Waals surface area contributed by atoms with Crippen LogP contribution in [0.5, 0.6) is 0 Å². The number of morpholine rings is 1. The molecule has 0 spiro atoms. The van der Waals surface area contributed by atoms with Gasteiger partial charge < -0.3 is 4.74 Å². The van der Waals surface area contributed by atoms with Crippen LogP contribution in [-0.4, -0.2) is 41.7 Å². The highest BCUT2D eigenvalue weighted by molar-refractivity contribution is 4.61. The summed E-state index contributed by atoms with van der Waals surface area (Å²) in [5.74, 6) is 0. The highest BCUT2D eigenvalue weighted by atomic mass is 16.6. The van der Waals surface area contributed by atoms with Gasteiger partial charge in [0.1, 0.15) is 18.6 Å². The molecule has 0 aromatic heterocycles. The minimum atomic E-state index is -0.0796. The predicted molar refractivity (Wildman–Crippen MR) is 42.4 cm³/mol. The van der Waals surface area contributed by atoms with E-state index in [0.29, 0.717) is 26.3 Å². The molecule has 0 amide bonds. The topological polar surface area (TPSA) is 29.5 Å². The number of quaternary nitrogens is 1. The zero-order valence-corrected chi connectivity index (χ0v) is 7.63. The lowest BCUT2D eigenvalue weighted by Crippen LogP contribution is -2.62. The molecular formula is C8H18NO2+. The molecule has 0 unspecified atom stereocenters. The summed E-state index contributed by atoms with van der Waals surface area (Å²) in [6.45, 7) is 8.93. The zero-order chi connectivity index (χ0) is 8.54. The van der Waals surface area contributed by atoms with Gasteiger partial charge in [-0.1, -0.05) is 0 Å². The Labute approximate surface area is 68.1 Å². The molecule has 0 aromatic carbocycles. The van der Waals surface area contributed by atoms with Gasteiger partial charge in [0.15, 0.2) is 0 Å². The molecule has 66 valence electrons. The number of nitrogens with zero attached hydrogens (tertiary/aromatic N) is 1. The lowest BCUT2D eigenvalue weighted by molar-refractivity contribution is -1.14. The van der Waals surface area contributed by atoms with E-state index >= 15 is 0 Å². The van der Waals surface area contributed by atoms with Crippen molar-refractivity contribution in [3.8, 4) is 0 Å². The standard InChI is InChI=1S/C8H18NO2/c1-8(2,3)9(10)4-6-11-7-5-9/h10H,4-7H2,1-3H3/q+1. The van der Waals surface area contributed by atoms with Crippen molar-refractivity contribution in [3.05, 3.63) is 0 Å². The van der Waals surface area contributed by atoms with Crippen LogP contribution in [0, 0.1) is 0 Å². The van der Waals surface area contributed by atoms with Crippen molar-refractivity contribution in [2.75, 3.05) is 26.3 Å². The van der Waals surface area contributed by atoms with E-state index in [1.54, 1.807) is 0 Å². The monoisotopic (exact) mass is 160 g/mol. The predicted octanol–water partition coefficient (Wildman–Crippen LogP) is 1.02. The van der Waals surface area contributed by atoms with Gasteiger partial charge >= 0.3 is 0 Å². The average molecular weight is 160 g/mol. The summed E-state index contributed by atoms with van der Waals surface area (Å²) in [6, 6.07) is 0. The summed E-state index contributed by atoms with van der Waals surface area (Å²) in [4.78, 5) is 0. The van der Waals surface area contributed by atoms with Crippen LogP contribution in [0.3, 0.4) is 0 Å². The fourth-order valence-electron chi connectivity index (χ4n) is 1.32. The van der Waals surface area contributed by atoms with Crippen molar-refractivity contribution < 1.29 is 14.6 Å². The Morgan fingerprint density at radius 1 is 1.18 bits per heavy atom. The Kier molecular flexibility index (Phi) is 2.23. The molecule has 3 heteroatoms. The molecule has 1 aliphatic heterocycles. The fourth-order valence-corrected chi connectivity index (χ4v) is 1.32. The molecule has 1 N–H and O–H groups in total. The van der Waals surface area contributed by atoms with Gasteiger partial charge in [0.05, 0.1) is 13.2 Å². The normalized spacial score (nSPS) is 25.1. The van der Waals surface area contributed by atoms with Crippen LogP contribution >= 0.6 is 0 Å². The summed E-state index contributed by atoms with van der Waals surface area (Å²) in [6.07, 6.45) is 0. The third-order valence-corrected chi connectivity index (χ3v) is 2.46. The van der Waals surface area contributed by atoms with Gasteiger partial charge in [-0.05, 0) is 20.8 Å². The maximum absolute atomic E-state index is 10.1. The van der Waals surface area contributed by atoms with E-state index in [2.05, 4.69) is 20.8 Å². The number of hydroxylamine groups is 3. The summed E-state index contributed by atoms with van der Waals surface area (Å²) >= 11 is 0. The molecule has 0 aliphatic carbocycles. The van der Waals surface area contributed by atoms with E-state index in [-0.39, 0.29) is 10.2 Å². The summed E-state index contributed by atoms with van der Waals surface area (Å²) in [5, 5.41) is 10.1. The number of ether oxygens (including phenoxy) is 1. The van der Waals surface area contributed by atoms with Crippen molar-refractivity contribution in [2.24, 2.45) is 0 Å². The van der Waals surface area contributed by atoms with E-state index in [1.165, 1.54) is 0 Å². The molecule has 1 saturated heterocycles. The van der Waals surface area contributed by atoms with Crippen LogP contribution in [0.2, 0.25) is 0 Å². The molecule has 0 radical (unpaired) electrons. The molecule has 3 nitrogen and oxygen atoms in total. The molecule has 0 atom stereocenters. The van der Waals surface area contributed by atoms with Gasteiger partial charge in [-0.15, -0.1) is 0 Å². The Balaban J connectivity index is 2.64. The Morgan fingerprint density at radius 2 is 1.64 bits per heavy atom. The van der Waals surface area contributed by atoms with Crippen LogP contribution in [0.15, 0.2) is 0 Å². The van der Waals surface area contributed by atoms with Gasteiger partial charge in [-0.3, -0.25) is 0 Å². The van der Waals surface area contributed by atoms with Crippen LogP contribution in [-0.2, 0) is 4.74 Å². The lowest BCUT2D eigenvalue weighted by atomic mass is 10.0. The highest BCUT2D eigenvalue weighted by Gasteiger charge is 2.41. The van der Waals surface area contributed by atoms with Crippen LogP contribution in [0.1, 0.15) is 20.8 Å². The van der Waals surface area contributed by atoms with Gasteiger partial charge in [0.25, 0.3) is 0 Å². The maximum atomic E-state index is 10.1. The summed E-state index contributed by atoms with van der Waals surface area (Å²) in [5.41, 5.74) is -0.0796. The molecule has 0 bridgehead atoms. The van der Waals surface area contributed by atoms with Crippen molar-refractivity contribution in [3.63, 3.8) is 0 Å². The summed E-state index contributed by atoms with van der Waals surface area (Å²) in [7, 11) is 0. The second-order valence-corrected chi connectivity index (χ2v) is 4.15. The molecular weight excluding hydrogens is 142 g/mol. The van der Waals surface area contributed by atoms with Crippen molar-refractivity contribution in [1.29, 1.82) is 0 Å². The number of hydrogen-bond donors (Lipinski definition) is 1. The minimum Gasteiger partial charge on any atom is -0.370 e. The SMILES string of the molecule is CC(C)(C)[N+]1(O)CCOCC1. The first kappa shape index (κ1) is 8.97. The van der Waals surface area contributed by atoms with E-state index in [0.717, 1.165) is 0 Å². The minimum absolute atomic E-state index is 0.0796. The fraction of sp³-hybridized carbons (Fsp3) is 1.00. The third kappa shape index (κ3) is 1.72. The first-order valence-corrected chi connectivity index (χ1v) is 4.13. The van der Waals surface area contributed by atoms with Gasteiger partial charge in [0.2, 0.25) is 0 Å². The maximum Gasteiger partial charge on any atom is 0.133 e. The van der Waals surface area contributed by atoms with Crippen LogP contribution in [0.25, 0.3) is 0 Å². The Hall–Kier alpha value is -0.120. The molecule has 1 rings (SSSR count). The first-order chi connectivity index (χ1) is 4.96. The molecule has 0 saturated carbocycles. The van der Waals surface area contributed by atoms with Crippen molar-refractivity contribution in [1.82, 2.24) is 0 Å². The summed E-state index contributed by atoms with van der Waals surface area (Å²) < 4.78 is 5.33. The smallest absolute Gasteiger partial charge is 0.133 e. The average Bonchev–Trinajstić information content (AvgIpc) is 1.87. The van der Waals surface area contributed by atoms with Crippen molar-refractivity contribution in [2.45, 2.75) is 26.3 Å². The van der Waals surface area contributed by atoms with E-state index in [4.69, 9.17) is 4.74 Å². The number of hydrogen-bond acceptors (Lipinski definition) is 2. The number of rotatable bonds is 0. The highest BCUT2D eigenvalue weighted by Crippen LogP contribution is 2.22. The second-order valence-electron chi connectivity index (χ2n) is 4.15. The van der Waals surface area contributed by atoms with Gasteiger partial charge in [-0.2, -0.15) is 4.65 Å². The second kappa shape index (κ2) is 2.73. The molecule has 1 aliphatic rings. The van der Waals surface area contributed by atoms with E-state index in [1.807, 2.05) is 0 Å². The molecule has 0 aromatic rings. The third-order valence-electron chi connectivity index (χ3n) is 2.46.